The van der Waals surface area contributed by atoms with Crippen molar-refractivity contribution in [3.63, 3.8) is 0 Å². The fourth-order valence-electron chi connectivity index (χ4n) is 1.91. The monoisotopic (exact) mass is 355 g/mol. The zero-order valence-electron chi connectivity index (χ0n) is 10.6. The van der Waals surface area contributed by atoms with Crippen LogP contribution in [0.1, 0.15) is 12.0 Å². The largest absolute Gasteiger partial charge is 0.479 e. The van der Waals surface area contributed by atoms with Crippen molar-refractivity contribution in [2.75, 3.05) is 11.5 Å². The molecular weight excluding hydrogens is 342 g/mol. The van der Waals surface area contributed by atoms with E-state index in [1.54, 1.807) is 17.8 Å². The average molecular weight is 356 g/mol. The number of amides is 1. The van der Waals surface area contributed by atoms with Gasteiger partial charge in [0.05, 0.1) is 0 Å². The van der Waals surface area contributed by atoms with Gasteiger partial charge in [-0.15, -0.1) is 0 Å². The van der Waals surface area contributed by atoms with Gasteiger partial charge in [0.15, 0.2) is 0 Å². The molecule has 1 unspecified atom stereocenters. The molecule has 0 bridgehead atoms. The maximum absolute atomic E-state index is 11.9. The number of benzene rings is 1. The van der Waals surface area contributed by atoms with E-state index in [0.29, 0.717) is 12.2 Å². The quantitative estimate of drug-likeness (QED) is 0.814. The number of carbonyl (C=O) groups is 2. The summed E-state index contributed by atoms with van der Waals surface area (Å²) in [6, 6.07) is 7.49. The Kier molecular flexibility index (Phi) is 4.88. The van der Waals surface area contributed by atoms with Gasteiger partial charge in [0.25, 0.3) is 0 Å². The van der Waals surface area contributed by atoms with Crippen LogP contribution >= 0.6 is 27.7 Å². The molecule has 0 aliphatic carbocycles. The first kappa shape index (κ1) is 15.1. The van der Waals surface area contributed by atoms with Gasteiger partial charge in [-0.1, -0.05) is 28.1 Å². The normalized spacial score (nSPS) is 22.1. The second-order valence-electron chi connectivity index (χ2n) is 4.56. The molecule has 0 radical (unpaired) electrons. The fraction of sp³-hybridized carbons (Fsp3) is 0.286. The van der Waals surface area contributed by atoms with Gasteiger partial charge in [-0.25, -0.2) is 4.79 Å². The van der Waals surface area contributed by atoms with Crippen molar-refractivity contribution in [2.45, 2.75) is 12.0 Å². The highest BCUT2D eigenvalue weighted by Gasteiger charge is 2.42. The number of carbonyl (C=O) groups excluding carboxylic acids is 1. The van der Waals surface area contributed by atoms with E-state index in [-0.39, 0.29) is 5.91 Å². The molecule has 1 aliphatic rings. The van der Waals surface area contributed by atoms with Crippen molar-refractivity contribution in [1.82, 2.24) is 5.32 Å². The number of halogens is 1. The average Bonchev–Trinajstić information content (AvgIpc) is 2.88. The number of hydrogen-bond acceptors (Lipinski definition) is 3. The number of rotatable bonds is 4. The molecule has 0 spiro atoms. The minimum atomic E-state index is -1.12. The van der Waals surface area contributed by atoms with Crippen LogP contribution < -0.4 is 5.32 Å². The number of carboxylic acids is 1. The van der Waals surface area contributed by atoms with Crippen LogP contribution in [0.5, 0.6) is 0 Å². The lowest BCUT2D eigenvalue weighted by molar-refractivity contribution is -0.145. The summed E-state index contributed by atoms with van der Waals surface area (Å²) >= 11 is 4.88. The maximum Gasteiger partial charge on any atom is 0.330 e. The second kappa shape index (κ2) is 6.45. The Morgan fingerprint density at radius 1 is 1.35 bits per heavy atom. The topological polar surface area (TPSA) is 66.4 Å². The number of thioether (sulfide) groups is 1. The van der Waals surface area contributed by atoms with E-state index in [1.807, 2.05) is 24.3 Å². The molecule has 2 rings (SSSR count). The molecule has 1 amide bonds. The number of carboxylic acid groups (broad SMARTS) is 1. The Labute approximate surface area is 129 Å². The fourth-order valence-corrected chi connectivity index (χ4v) is 3.50. The van der Waals surface area contributed by atoms with E-state index < -0.39 is 11.5 Å². The zero-order chi connectivity index (χ0) is 14.6. The highest BCUT2D eigenvalue weighted by molar-refractivity contribution is 9.10. The minimum absolute atomic E-state index is 0.377. The third-order valence-electron chi connectivity index (χ3n) is 3.09. The Bertz CT molecular complexity index is 536. The van der Waals surface area contributed by atoms with E-state index in [0.717, 1.165) is 15.8 Å². The molecule has 20 heavy (non-hydrogen) atoms. The number of hydrogen-bond donors (Lipinski definition) is 2. The summed E-state index contributed by atoms with van der Waals surface area (Å²) in [7, 11) is 0. The summed E-state index contributed by atoms with van der Waals surface area (Å²) in [5.41, 5.74) is -0.236. The Morgan fingerprint density at radius 3 is 2.60 bits per heavy atom. The molecule has 1 saturated heterocycles. The van der Waals surface area contributed by atoms with E-state index in [4.69, 9.17) is 0 Å². The molecule has 106 valence electrons. The lowest BCUT2D eigenvalue weighted by atomic mass is 9.99. The van der Waals surface area contributed by atoms with Gasteiger partial charge in [0.2, 0.25) is 5.91 Å². The van der Waals surface area contributed by atoms with Crippen molar-refractivity contribution in [1.29, 1.82) is 0 Å². The molecule has 1 atom stereocenters. The highest BCUT2D eigenvalue weighted by atomic mass is 79.9. The Hall–Kier alpha value is -1.27. The van der Waals surface area contributed by atoms with E-state index in [9.17, 15) is 14.7 Å². The third-order valence-corrected chi connectivity index (χ3v) is 4.81. The summed E-state index contributed by atoms with van der Waals surface area (Å²) in [6.45, 7) is 0. The van der Waals surface area contributed by atoms with Gasteiger partial charge in [-0.3, -0.25) is 4.79 Å². The van der Waals surface area contributed by atoms with Gasteiger partial charge < -0.3 is 10.4 Å². The standard InChI is InChI=1S/C14H14BrNO3S/c15-11-4-1-10(2-5-11)3-6-12(17)16-14(13(18)19)7-8-20-9-14/h1-6H,7-9H2,(H,16,17)(H,18,19). The number of nitrogens with one attached hydrogen (secondary N) is 1. The van der Waals surface area contributed by atoms with Crippen LogP contribution in [-0.4, -0.2) is 34.0 Å². The Morgan fingerprint density at radius 2 is 2.05 bits per heavy atom. The van der Waals surface area contributed by atoms with Crippen LogP contribution in [0.2, 0.25) is 0 Å². The van der Waals surface area contributed by atoms with Crippen molar-refractivity contribution >= 4 is 45.6 Å². The summed E-state index contributed by atoms with van der Waals surface area (Å²) in [6.07, 6.45) is 3.50. The van der Waals surface area contributed by atoms with Gasteiger partial charge in [-0.2, -0.15) is 11.8 Å². The second-order valence-corrected chi connectivity index (χ2v) is 6.58. The smallest absolute Gasteiger partial charge is 0.330 e. The molecule has 1 aliphatic heterocycles. The molecule has 1 fully saturated rings. The SMILES string of the molecule is O=C(C=Cc1ccc(Br)cc1)NC1(C(=O)O)CCSC1. The molecule has 2 N–H and O–H groups in total. The molecule has 1 aromatic carbocycles. The summed E-state index contributed by atoms with van der Waals surface area (Å²) < 4.78 is 0.965. The minimum Gasteiger partial charge on any atom is -0.479 e. The molecule has 0 saturated carbocycles. The molecule has 1 heterocycles. The van der Waals surface area contributed by atoms with Gasteiger partial charge in [0, 0.05) is 16.3 Å². The van der Waals surface area contributed by atoms with Crippen LogP contribution in [0.3, 0.4) is 0 Å². The van der Waals surface area contributed by atoms with E-state index in [2.05, 4.69) is 21.2 Å². The lowest BCUT2D eigenvalue weighted by Crippen LogP contribution is -2.54. The van der Waals surface area contributed by atoms with Crippen molar-refractivity contribution in [3.05, 3.63) is 40.4 Å². The molecule has 1 aromatic rings. The van der Waals surface area contributed by atoms with Crippen LogP contribution in [0.15, 0.2) is 34.8 Å². The first-order valence-corrected chi connectivity index (χ1v) is 8.04. The Balaban J connectivity index is 2.01. The molecule has 0 aromatic heterocycles. The predicted molar refractivity (Wildman–Crippen MR) is 83.6 cm³/mol. The van der Waals surface area contributed by atoms with Crippen LogP contribution in [0, 0.1) is 0 Å². The predicted octanol–water partition coefficient (Wildman–Crippen LogP) is 2.54. The molecule has 4 nitrogen and oxygen atoms in total. The van der Waals surface area contributed by atoms with Gasteiger partial charge >= 0.3 is 5.97 Å². The first-order valence-electron chi connectivity index (χ1n) is 6.09. The zero-order valence-corrected chi connectivity index (χ0v) is 13.0. The third kappa shape index (κ3) is 3.64. The first-order chi connectivity index (χ1) is 9.52. The highest BCUT2D eigenvalue weighted by Crippen LogP contribution is 2.28. The van der Waals surface area contributed by atoms with Gasteiger partial charge in [0.1, 0.15) is 5.54 Å². The maximum atomic E-state index is 11.9. The summed E-state index contributed by atoms with van der Waals surface area (Å²) in [5.74, 6) is -0.172. The summed E-state index contributed by atoms with van der Waals surface area (Å²) in [4.78, 5) is 23.2. The lowest BCUT2D eigenvalue weighted by Gasteiger charge is -2.23. The molecular formula is C14H14BrNO3S. The van der Waals surface area contributed by atoms with Crippen molar-refractivity contribution < 1.29 is 14.7 Å². The van der Waals surface area contributed by atoms with Crippen molar-refractivity contribution in [2.24, 2.45) is 0 Å². The number of aliphatic carboxylic acids is 1. The van der Waals surface area contributed by atoms with Crippen LogP contribution in [0.25, 0.3) is 6.08 Å². The van der Waals surface area contributed by atoms with Crippen molar-refractivity contribution in [3.8, 4) is 0 Å². The van der Waals surface area contributed by atoms with E-state index in [1.165, 1.54) is 6.08 Å². The van der Waals surface area contributed by atoms with E-state index >= 15 is 0 Å². The summed E-state index contributed by atoms with van der Waals surface area (Å²) in [5, 5.41) is 11.9. The van der Waals surface area contributed by atoms with Gasteiger partial charge in [-0.05, 0) is 35.9 Å². The van der Waals surface area contributed by atoms with Crippen LogP contribution in [-0.2, 0) is 9.59 Å². The van der Waals surface area contributed by atoms with Crippen LogP contribution in [0.4, 0.5) is 0 Å². The molecule has 6 heteroatoms.